The van der Waals surface area contributed by atoms with Crippen LogP contribution in [-0.2, 0) is 4.74 Å². The fourth-order valence-corrected chi connectivity index (χ4v) is 2.32. The number of halogens is 1. The van der Waals surface area contributed by atoms with Gasteiger partial charge in [-0.1, -0.05) is 24.1 Å². The van der Waals surface area contributed by atoms with Crippen molar-refractivity contribution in [2.24, 2.45) is 5.92 Å². The van der Waals surface area contributed by atoms with E-state index < -0.39 is 0 Å². The summed E-state index contributed by atoms with van der Waals surface area (Å²) in [5.41, 5.74) is 1.62. The van der Waals surface area contributed by atoms with Crippen LogP contribution in [0.15, 0.2) is 34.2 Å². The molecule has 0 aromatic carbocycles. The maximum absolute atomic E-state index is 11.2. The summed E-state index contributed by atoms with van der Waals surface area (Å²) in [5, 5.41) is 14.9. The summed E-state index contributed by atoms with van der Waals surface area (Å²) in [7, 11) is 0. The molecule has 124 valence electrons. The van der Waals surface area contributed by atoms with Gasteiger partial charge < -0.3 is 10.1 Å². The average Bonchev–Trinajstić information content (AvgIpc) is 2.52. The fraction of sp³-hybridized carbons (Fsp3) is 0.625. The highest BCUT2D eigenvalue weighted by atomic mass is 35.5. The Balaban J connectivity index is 2.74. The standard InChI is InChI=1S/C16H25ClN2O3/c1-4-12(2)15(17)5-6-16(19(20)21)13(3)18-11-14-7-9-22-10-8-14/h5-6,14,18H,4,7-11H2,1-3H3/b6-5-,15-12-,16-13-. The molecule has 1 aliphatic rings. The van der Waals surface area contributed by atoms with Gasteiger partial charge in [-0.3, -0.25) is 10.1 Å². The summed E-state index contributed by atoms with van der Waals surface area (Å²) < 4.78 is 5.31. The van der Waals surface area contributed by atoms with Crippen molar-refractivity contribution in [2.45, 2.75) is 40.0 Å². The Bertz CT molecular complexity index is 478. The van der Waals surface area contributed by atoms with Gasteiger partial charge in [0.1, 0.15) is 0 Å². The van der Waals surface area contributed by atoms with Crippen LogP contribution in [0.2, 0.25) is 0 Å². The van der Waals surface area contributed by atoms with Gasteiger partial charge in [-0.2, -0.15) is 0 Å². The minimum Gasteiger partial charge on any atom is -0.383 e. The molecule has 0 bridgehead atoms. The van der Waals surface area contributed by atoms with E-state index in [1.54, 1.807) is 13.0 Å². The van der Waals surface area contributed by atoms with Gasteiger partial charge in [0, 0.05) is 30.9 Å². The lowest BCUT2D eigenvalue weighted by Gasteiger charge is -2.22. The summed E-state index contributed by atoms with van der Waals surface area (Å²) in [6, 6.07) is 0. The van der Waals surface area contributed by atoms with E-state index in [-0.39, 0.29) is 10.6 Å². The molecular weight excluding hydrogens is 304 g/mol. The van der Waals surface area contributed by atoms with Crippen molar-refractivity contribution in [3.05, 3.63) is 44.3 Å². The Morgan fingerprint density at radius 3 is 2.55 bits per heavy atom. The first kappa shape index (κ1) is 18.7. The first-order valence-electron chi connectivity index (χ1n) is 7.65. The molecule has 1 aliphatic heterocycles. The molecule has 6 heteroatoms. The van der Waals surface area contributed by atoms with E-state index >= 15 is 0 Å². The molecule has 0 saturated carbocycles. The number of nitrogens with zero attached hydrogens (tertiary/aromatic N) is 1. The van der Waals surface area contributed by atoms with Crippen LogP contribution in [0.4, 0.5) is 0 Å². The van der Waals surface area contributed by atoms with Gasteiger partial charge in [0.2, 0.25) is 0 Å². The van der Waals surface area contributed by atoms with Gasteiger partial charge in [0.15, 0.2) is 0 Å². The van der Waals surface area contributed by atoms with Crippen LogP contribution in [0, 0.1) is 16.0 Å². The van der Waals surface area contributed by atoms with Crippen molar-refractivity contribution >= 4 is 11.6 Å². The van der Waals surface area contributed by atoms with Crippen LogP contribution < -0.4 is 5.32 Å². The van der Waals surface area contributed by atoms with E-state index in [4.69, 9.17) is 16.3 Å². The number of nitro groups is 1. The van der Waals surface area contributed by atoms with Crippen LogP contribution >= 0.6 is 11.6 Å². The van der Waals surface area contributed by atoms with E-state index in [1.807, 2.05) is 13.8 Å². The third kappa shape index (κ3) is 6.20. The smallest absolute Gasteiger partial charge is 0.287 e. The largest absolute Gasteiger partial charge is 0.383 e. The highest BCUT2D eigenvalue weighted by Gasteiger charge is 2.16. The molecule has 5 nitrogen and oxygen atoms in total. The summed E-state index contributed by atoms with van der Waals surface area (Å²) >= 11 is 6.10. The van der Waals surface area contributed by atoms with Gasteiger partial charge in [-0.05, 0) is 45.1 Å². The summed E-state index contributed by atoms with van der Waals surface area (Å²) in [6.45, 7) is 7.92. The molecule has 22 heavy (non-hydrogen) atoms. The minimum absolute atomic E-state index is 0.0501. The molecule has 1 N–H and O–H groups in total. The average molecular weight is 329 g/mol. The Hall–Kier alpha value is -1.33. The van der Waals surface area contributed by atoms with Gasteiger partial charge in [0.25, 0.3) is 5.70 Å². The summed E-state index contributed by atoms with van der Waals surface area (Å²) in [5.74, 6) is 0.506. The van der Waals surface area contributed by atoms with Crippen LogP contribution in [0.5, 0.6) is 0 Å². The van der Waals surface area contributed by atoms with E-state index in [9.17, 15) is 10.1 Å². The molecule has 0 atom stereocenters. The van der Waals surface area contributed by atoms with E-state index in [1.165, 1.54) is 6.08 Å². The number of allylic oxidation sites excluding steroid dienone is 5. The molecule has 0 aromatic heterocycles. The first-order valence-corrected chi connectivity index (χ1v) is 8.03. The third-order valence-electron chi connectivity index (χ3n) is 3.90. The second kappa shape index (κ2) is 9.64. The lowest BCUT2D eigenvalue weighted by molar-refractivity contribution is -0.420. The zero-order valence-corrected chi connectivity index (χ0v) is 14.3. The molecular formula is C16H25ClN2O3. The van der Waals surface area contributed by atoms with Crippen molar-refractivity contribution < 1.29 is 9.66 Å². The second-order valence-electron chi connectivity index (χ2n) is 5.52. The lowest BCUT2D eigenvalue weighted by Crippen LogP contribution is -2.27. The van der Waals surface area contributed by atoms with Gasteiger partial charge >= 0.3 is 0 Å². The number of hydrogen-bond acceptors (Lipinski definition) is 4. The number of nitrogens with one attached hydrogen (secondary N) is 1. The molecule has 1 heterocycles. The van der Waals surface area contributed by atoms with E-state index in [2.05, 4.69) is 5.32 Å². The third-order valence-corrected chi connectivity index (χ3v) is 4.35. The van der Waals surface area contributed by atoms with Crippen LogP contribution in [0.25, 0.3) is 0 Å². The predicted octanol–water partition coefficient (Wildman–Crippen LogP) is 3.99. The van der Waals surface area contributed by atoms with Crippen molar-refractivity contribution in [2.75, 3.05) is 19.8 Å². The minimum atomic E-state index is -0.381. The van der Waals surface area contributed by atoms with Gasteiger partial charge in [0.05, 0.1) is 10.6 Å². The zero-order valence-electron chi connectivity index (χ0n) is 13.5. The van der Waals surface area contributed by atoms with Gasteiger partial charge in [-0.25, -0.2) is 0 Å². The highest BCUT2D eigenvalue weighted by molar-refractivity contribution is 6.31. The molecule has 0 unspecified atom stereocenters. The molecule has 0 aromatic rings. The Labute approximate surface area is 137 Å². The Morgan fingerprint density at radius 2 is 2.00 bits per heavy atom. The highest BCUT2D eigenvalue weighted by Crippen LogP contribution is 2.17. The van der Waals surface area contributed by atoms with Crippen molar-refractivity contribution in [3.63, 3.8) is 0 Å². The van der Waals surface area contributed by atoms with Gasteiger partial charge in [-0.15, -0.1) is 0 Å². The van der Waals surface area contributed by atoms with E-state index in [0.29, 0.717) is 16.6 Å². The monoisotopic (exact) mass is 328 g/mol. The topological polar surface area (TPSA) is 64.4 Å². The second-order valence-corrected chi connectivity index (χ2v) is 5.93. The Morgan fingerprint density at radius 1 is 1.36 bits per heavy atom. The van der Waals surface area contributed by atoms with Crippen LogP contribution in [-0.4, -0.2) is 24.7 Å². The fourth-order valence-electron chi connectivity index (χ4n) is 2.12. The zero-order chi connectivity index (χ0) is 16.5. The van der Waals surface area contributed by atoms with Crippen molar-refractivity contribution in [1.82, 2.24) is 5.32 Å². The summed E-state index contributed by atoms with van der Waals surface area (Å²) in [6.07, 6.45) is 5.87. The lowest BCUT2D eigenvalue weighted by atomic mass is 10.0. The number of rotatable bonds is 7. The molecule has 0 radical (unpaired) electrons. The molecule has 1 fully saturated rings. The van der Waals surface area contributed by atoms with Crippen molar-refractivity contribution in [3.8, 4) is 0 Å². The quantitative estimate of drug-likeness (QED) is 0.436. The predicted molar refractivity (Wildman–Crippen MR) is 89.2 cm³/mol. The molecule has 0 spiro atoms. The number of hydrogen-bond donors (Lipinski definition) is 1. The normalized spacial score (nSPS) is 18.9. The Kier molecular flexibility index (Phi) is 8.20. The summed E-state index contributed by atoms with van der Waals surface area (Å²) in [4.78, 5) is 10.8. The maximum atomic E-state index is 11.2. The van der Waals surface area contributed by atoms with Crippen LogP contribution in [0.3, 0.4) is 0 Å². The van der Waals surface area contributed by atoms with Crippen molar-refractivity contribution in [1.29, 1.82) is 0 Å². The molecule has 1 rings (SSSR count). The SMILES string of the molecule is CC/C(C)=C(Cl)/C=C\C(=C(/C)NCC1CCOCC1)[N+](=O)[O-]. The molecule has 1 saturated heterocycles. The first-order chi connectivity index (χ1) is 10.5. The van der Waals surface area contributed by atoms with Crippen LogP contribution in [0.1, 0.15) is 40.0 Å². The maximum Gasteiger partial charge on any atom is 0.287 e. The molecule has 0 amide bonds. The molecule has 0 aliphatic carbocycles. The van der Waals surface area contributed by atoms with E-state index in [0.717, 1.165) is 44.6 Å². The number of ether oxygens (including phenoxy) is 1.